The first kappa shape index (κ1) is 13.7. The smallest absolute Gasteiger partial charge is 0.0342 e. The Hall–Kier alpha value is 0.150. The van der Waals surface area contributed by atoms with Gasteiger partial charge in [-0.2, -0.15) is 0 Å². The summed E-state index contributed by atoms with van der Waals surface area (Å²) in [6, 6.07) is 0. The second-order valence-corrected chi connectivity index (χ2v) is 3.98. The number of hydrogen-bond donors (Lipinski definition) is 0. The molecular formula is C9H22OS. The maximum Gasteiger partial charge on any atom is 0.0342 e. The molecule has 0 aromatic carbocycles. The molecule has 0 bridgehead atoms. The van der Waals surface area contributed by atoms with Crippen molar-refractivity contribution in [3.05, 3.63) is 0 Å². The van der Waals surface area contributed by atoms with E-state index in [9.17, 15) is 4.21 Å². The van der Waals surface area contributed by atoms with Gasteiger partial charge in [-0.1, -0.05) is 34.1 Å². The maximum absolute atomic E-state index is 10.9. The van der Waals surface area contributed by atoms with Crippen LogP contribution in [0.2, 0.25) is 0 Å². The summed E-state index contributed by atoms with van der Waals surface area (Å²) in [5.74, 6) is 0. The SMILES string of the molecule is CC.CCCC(CC)S(C)=O. The molecule has 11 heavy (non-hydrogen) atoms. The quantitative estimate of drug-likeness (QED) is 0.647. The summed E-state index contributed by atoms with van der Waals surface area (Å²) in [6.45, 7) is 8.23. The third kappa shape index (κ3) is 8.05. The van der Waals surface area contributed by atoms with Crippen molar-refractivity contribution in [2.45, 2.75) is 52.2 Å². The summed E-state index contributed by atoms with van der Waals surface area (Å²) in [6.07, 6.45) is 5.11. The minimum absolute atomic E-state index is 0.440. The maximum atomic E-state index is 10.9. The van der Waals surface area contributed by atoms with Gasteiger partial charge in [-0.05, 0) is 12.8 Å². The first-order valence-electron chi connectivity index (χ1n) is 4.54. The third-order valence-electron chi connectivity index (χ3n) is 1.54. The average molecular weight is 178 g/mol. The van der Waals surface area contributed by atoms with Gasteiger partial charge in [-0.15, -0.1) is 0 Å². The van der Waals surface area contributed by atoms with Crippen LogP contribution in [-0.4, -0.2) is 15.7 Å². The van der Waals surface area contributed by atoms with Gasteiger partial charge in [0.15, 0.2) is 0 Å². The lowest BCUT2D eigenvalue weighted by atomic mass is 10.2. The Kier molecular flexibility index (Phi) is 12.7. The molecule has 0 aliphatic rings. The molecule has 2 unspecified atom stereocenters. The molecule has 2 heteroatoms. The van der Waals surface area contributed by atoms with Crippen molar-refractivity contribution >= 4 is 10.8 Å². The van der Waals surface area contributed by atoms with E-state index in [-0.39, 0.29) is 0 Å². The Morgan fingerprint density at radius 1 is 1.27 bits per heavy atom. The van der Waals surface area contributed by atoms with Crippen molar-refractivity contribution in [2.24, 2.45) is 0 Å². The molecule has 0 aliphatic heterocycles. The first-order chi connectivity index (χ1) is 5.22. The van der Waals surface area contributed by atoms with Crippen LogP contribution in [0, 0.1) is 0 Å². The monoisotopic (exact) mass is 178 g/mol. The second kappa shape index (κ2) is 10.2. The van der Waals surface area contributed by atoms with E-state index in [1.165, 1.54) is 0 Å². The molecule has 0 aromatic heterocycles. The Bertz CT molecular complexity index is 91.6. The highest BCUT2D eigenvalue weighted by molar-refractivity contribution is 7.84. The van der Waals surface area contributed by atoms with Crippen molar-refractivity contribution < 1.29 is 4.21 Å². The molecule has 0 N–H and O–H groups in total. The molecule has 0 saturated heterocycles. The zero-order valence-corrected chi connectivity index (χ0v) is 9.33. The highest BCUT2D eigenvalue weighted by Crippen LogP contribution is 2.06. The Labute approximate surface area is 74.0 Å². The van der Waals surface area contributed by atoms with Gasteiger partial charge in [0.05, 0.1) is 0 Å². The fraction of sp³-hybridized carbons (Fsp3) is 1.00. The van der Waals surface area contributed by atoms with Crippen LogP contribution in [0.5, 0.6) is 0 Å². The first-order valence-corrected chi connectivity index (χ1v) is 6.16. The standard InChI is InChI=1S/C7H16OS.C2H6/c1-4-6-7(5-2)9(3)8;1-2/h7H,4-6H2,1-3H3;1-2H3. The van der Waals surface area contributed by atoms with E-state index in [1.807, 2.05) is 13.8 Å². The van der Waals surface area contributed by atoms with E-state index >= 15 is 0 Å². The van der Waals surface area contributed by atoms with Crippen LogP contribution in [0.4, 0.5) is 0 Å². The lowest BCUT2D eigenvalue weighted by Crippen LogP contribution is -2.11. The fourth-order valence-electron chi connectivity index (χ4n) is 0.927. The predicted octanol–water partition coefficient (Wildman–Crippen LogP) is 2.97. The number of hydrogen-bond acceptors (Lipinski definition) is 1. The van der Waals surface area contributed by atoms with Crippen molar-refractivity contribution in [1.82, 2.24) is 0 Å². The van der Waals surface area contributed by atoms with Gasteiger partial charge >= 0.3 is 0 Å². The van der Waals surface area contributed by atoms with Crippen LogP contribution >= 0.6 is 0 Å². The second-order valence-electron chi connectivity index (χ2n) is 2.32. The molecule has 0 heterocycles. The van der Waals surface area contributed by atoms with Crippen molar-refractivity contribution in [3.63, 3.8) is 0 Å². The molecule has 0 amide bonds. The van der Waals surface area contributed by atoms with E-state index in [4.69, 9.17) is 0 Å². The van der Waals surface area contributed by atoms with Gasteiger partial charge in [0.2, 0.25) is 0 Å². The van der Waals surface area contributed by atoms with Gasteiger partial charge in [-0.3, -0.25) is 4.21 Å². The fourth-order valence-corrected chi connectivity index (χ4v) is 1.96. The largest absolute Gasteiger partial charge is 0.260 e. The molecule has 70 valence electrons. The van der Waals surface area contributed by atoms with Crippen LogP contribution in [0.1, 0.15) is 47.0 Å². The van der Waals surface area contributed by atoms with Crippen LogP contribution in [-0.2, 0) is 10.8 Å². The molecule has 0 rings (SSSR count). The molecule has 0 aliphatic carbocycles. The zero-order chi connectivity index (χ0) is 9.28. The lowest BCUT2D eigenvalue weighted by Gasteiger charge is -2.08. The van der Waals surface area contributed by atoms with Crippen LogP contribution in [0.25, 0.3) is 0 Å². The molecule has 0 saturated carbocycles. The van der Waals surface area contributed by atoms with E-state index in [1.54, 1.807) is 6.26 Å². The summed E-state index contributed by atoms with van der Waals surface area (Å²) < 4.78 is 10.9. The summed E-state index contributed by atoms with van der Waals surface area (Å²) in [5, 5.41) is 0.440. The van der Waals surface area contributed by atoms with Gasteiger partial charge in [0, 0.05) is 22.3 Å². The molecule has 0 radical (unpaired) electrons. The molecule has 0 spiro atoms. The molecule has 0 aromatic rings. The van der Waals surface area contributed by atoms with Gasteiger partial charge in [0.25, 0.3) is 0 Å². The Balaban J connectivity index is 0. The zero-order valence-electron chi connectivity index (χ0n) is 8.52. The number of rotatable bonds is 4. The van der Waals surface area contributed by atoms with Gasteiger partial charge < -0.3 is 0 Å². The Morgan fingerprint density at radius 2 is 1.73 bits per heavy atom. The molecular weight excluding hydrogens is 156 g/mol. The van der Waals surface area contributed by atoms with Crippen molar-refractivity contribution in [1.29, 1.82) is 0 Å². The Morgan fingerprint density at radius 3 is 1.82 bits per heavy atom. The average Bonchev–Trinajstić information content (AvgIpc) is 2.03. The van der Waals surface area contributed by atoms with Crippen molar-refractivity contribution in [3.8, 4) is 0 Å². The molecule has 1 nitrogen and oxygen atoms in total. The van der Waals surface area contributed by atoms with Crippen molar-refractivity contribution in [2.75, 3.05) is 6.26 Å². The topological polar surface area (TPSA) is 17.1 Å². The summed E-state index contributed by atoms with van der Waals surface area (Å²) >= 11 is 0. The summed E-state index contributed by atoms with van der Waals surface area (Å²) in [5.41, 5.74) is 0. The summed E-state index contributed by atoms with van der Waals surface area (Å²) in [7, 11) is -0.603. The van der Waals surface area contributed by atoms with Gasteiger partial charge in [0.1, 0.15) is 0 Å². The highest BCUT2D eigenvalue weighted by atomic mass is 32.2. The van der Waals surface area contributed by atoms with E-state index < -0.39 is 10.8 Å². The van der Waals surface area contributed by atoms with Crippen LogP contribution < -0.4 is 0 Å². The van der Waals surface area contributed by atoms with E-state index in [2.05, 4.69) is 13.8 Å². The van der Waals surface area contributed by atoms with Crippen LogP contribution in [0.3, 0.4) is 0 Å². The normalized spacial score (nSPS) is 14.6. The minimum atomic E-state index is -0.603. The van der Waals surface area contributed by atoms with E-state index in [0.29, 0.717) is 5.25 Å². The minimum Gasteiger partial charge on any atom is -0.260 e. The molecule has 2 atom stereocenters. The third-order valence-corrected chi connectivity index (χ3v) is 3.04. The summed E-state index contributed by atoms with van der Waals surface area (Å²) in [4.78, 5) is 0. The predicted molar refractivity (Wildman–Crippen MR) is 54.4 cm³/mol. The highest BCUT2D eigenvalue weighted by Gasteiger charge is 2.07. The van der Waals surface area contributed by atoms with Gasteiger partial charge in [-0.25, -0.2) is 0 Å². The van der Waals surface area contributed by atoms with E-state index in [0.717, 1.165) is 19.3 Å². The molecule has 0 fully saturated rings. The van der Waals surface area contributed by atoms with Crippen LogP contribution in [0.15, 0.2) is 0 Å². The lowest BCUT2D eigenvalue weighted by molar-refractivity contribution is 0.647.